The highest BCUT2D eigenvalue weighted by atomic mass is 16.5. The van der Waals surface area contributed by atoms with Gasteiger partial charge in [0.1, 0.15) is 23.8 Å². The topological polar surface area (TPSA) is 130 Å². The number of ether oxygens (including phenoxy) is 2. The molecule has 0 saturated carbocycles. The highest BCUT2D eigenvalue weighted by Gasteiger charge is 2.41. The molecule has 0 radical (unpaired) electrons. The minimum atomic E-state index is -1.34. The van der Waals surface area contributed by atoms with Gasteiger partial charge in [-0.2, -0.15) is 0 Å². The molecule has 0 spiro atoms. The normalized spacial score (nSPS) is 15.7. The van der Waals surface area contributed by atoms with E-state index in [1.807, 2.05) is 12.1 Å². The summed E-state index contributed by atoms with van der Waals surface area (Å²) >= 11 is 0. The molecule has 10 heteroatoms. The summed E-state index contributed by atoms with van der Waals surface area (Å²) in [5.41, 5.74) is 0.275. The number of aliphatic carboxylic acids is 1. The Bertz CT molecular complexity index is 1130. The zero-order valence-electron chi connectivity index (χ0n) is 21.3. The number of pyridine rings is 1. The van der Waals surface area contributed by atoms with Crippen LogP contribution in [-0.4, -0.2) is 71.7 Å². The first-order chi connectivity index (χ1) is 17.7. The van der Waals surface area contributed by atoms with Gasteiger partial charge >= 0.3 is 5.97 Å². The summed E-state index contributed by atoms with van der Waals surface area (Å²) in [6.45, 7) is 6.12. The average Bonchev–Trinajstić information content (AvgIpc) is 3.43. The van der Waals surface area contributed by atoms with Crippen LogP contribution in [0.15, 0.2) is 36.4 Å². The van der Waals surface area contributed by atoms with E-state index in [2.05, 4.69) is 15.6 Å². The fourth-order valence-electron chi connectivity index (χ4n) is 4.38. The second kappa shape index (κ2) is 11.5. The van der Waals surface area contributed by atoms with Gasteiger partial charge in [0.15, 0.2) is 11.6 Å². The number of carbonyl (C=O) groups is 3. The van der Waals surface area contributed by atoms with Crippen molar-refractivity contribution in [3.8, 4) is 11.5 Å². The second-order valence-electron chi connectivity index (χ2n) is 9.86. The zero-order chi connectivity index (χ0) is 26.4. The first kappa shape index (κ1) is 26.2. The molecule has 2 aliphatic heterocycles. The van der Waals surface area contributed by atoms with Gasteiger partial charge < -0.3 is 30.1 Å². The monoisotopic (exact) mass is 510 g/mol. The Hall–Kier alpha value is -3.82. The molecule has 1 fully saturated rings. The molecular weight excluding hydrogens is 476 g/mol. The lowest BCUT2D eigenvalue weighted by atomic mass is 9.89. The number of nitrogens with one attached hydrogen (secondary N) is 2. The minimum absolute atomic E-state index is 0.0868. The van der Waals surface area contributed by atoms with Crippen molar-refractivity contribution in [1.29, 1.82) is 0 Å². The van der Waals surface area contributed by atoms with E-state index in [-0.39, 0.29) is 12.3 Å². The molecule has 198 valence electrons. The van der Waals surface area contributed by atoms with Crippen molar-refractivity contribution in [2.45, 2.75) is 45.6 Å². The molecule has 4 rings (SSSR count). The number of nitrogens with zero attached hydrogens (tertiary/aromatic N) is 2. The fraction of sp³-hybridized carbons (Fsp3) is 0.481. The standard InChI is InChI=1S/C27H34N4O6/c1-27(2,26(35)31-13-3-4-14-31)25(34)30-21(24(32)33)17-18-5-8-20(9-6-18)36-15-11-19-7-10-22-23(29-19)28-12-16-37-22/h5-10,21H,3-4,11-17H2,1-2H3,(H,28,29)(H,30,34)(H,32,33)/t21-/m0/s1. The number of amides is 2. The molecular formula is C27H34N4O6. The van der Waals surface area contributed by atoms with Gasteiger partial charge in [-0.25, -0.2) is 9.78 Å². The van der Waals surface area contributed by atoms with E-state index < -0.39 is 23.3 Å². The predicted octanol–water partition coefficient (Wildman–Crippen LogP) is 2.27. The third kappa shape index (κ3) is 6.49. The van der Waals surface area contributed by atoms with Crippen LogP contribution in [0.2, 0.25) is 0 Å². The van der Waals surface area contributed by atoms with E-state index in [1.54, 1.807) is 29.2 Å². The summed E-state index contributed by atoms with van der Waals surface area (Å²) in [6.07, 6.45) is 2.54. The van der Waals surface area contributed by atoms with Gasteiger partial charge in [-0.05, 0) is 56.5 Å². The van der Waals surface area contributed by atoms with Crippen molar-refractivity contribution in [1.82, 2.24) is 15.2 Å². The van der Waals surface area contributed by atoms with E-state index >= 15 is 0 Å². The molecule has 3 heterocycles. The van der Waals surface area contributed by atoms with Crippen LogP contribution in [0.1, 0.15) is 37.9 Å². The molecule has 0 bridgehead atoms. The van der Waals surface area contributed by atoms with Crippen molar-refractivity contribution in [2.75, 3.05) is 38.2 Å². The van der Waals surface area contributed by atoms with Crippen molar-refractivity contribution in [3.05, 3.63) is 47.7 Å². The van der Waals surface area contributed by atoms with Crippen molar-refractivity contribution in [3.63, 3.8) is 0 Å². The van der Waals surface area contributed by atoms with E-state index in [1.165, 1.54) is 13.8 Å². The quantitative estimate of drug-likeness (QED) is 0.415. The number of rotatable bonds is 10. The van der Waals surface area contributed by atoms with Gasteiger partial charge in [-0.1, -0.05) is 12.1 Å². The van der Waals surface area contributed by atoms with Crippen LogP contribution in [0.5, 0.6) is 11.5 Å². The second-order valence-corrected chi connectivity index (χ2v) is 9.86. The SMILES string of the molecule is CC(C)(C(=O)N[C@@H](Cc1ccc(OCCc2ccc3c(n2)NCCO3)cc1)C(=O)O)C(=O)N1CCCC1. The molecule has 3 N–H and O–H groups in total. The number of likely N-dealkylation sites (tertiary alicyclic amines) is 1. The lowest BCUT2D eigenvalue weighted by Crippen LogP contribution is -2.53. The number of anilines is 1. The lowest BCUT2D eigenvalue weighted by Gasteiger charge is -2.29. The number of carboxylic acids is 1. The van der Waals surface area contributed by atoms with E-state index in [0.717, 1.165) is 42.2 Å². The average molecular weight is 511 g/mol. The van der Waals surface area contributed by atoms with Crippen LogP contribution in [0, 0.1) is 5.41 Å². The third-order valence-corrected chi connectivity index (χ3v) is 6.66. The van der Waals surface area contributed by atoms with Crippen LogP contribution >= 0.6 is 0 Å². The summed E-state index contributed by atoms with van der Waals surface area (Å²) in [7, 11) is 0. The van der Waals surface area contributed by atoms with Crippen molar-refractivity contribution < 1.29 is 29.0 Å². The summed E-state index contributed by atoms with van der Waals surface area (Å²) in [5.74, 6) is 0.130. The Balaban J connectivity index is 1.29. The smallest absolute Gasteiger partial charge is 0.326 e. The number of hydrogen-bond acceptors (Lipinski definition) is 7. The summed E-state index contributed by atoms with van der Waals surface area (Å²) in [6, 6.07) is 9.75. The van der Waals surface area contributed by atoms with Crippen LogP contribution < -0.4 is 20.1 Å². The Morgan fingerprint density at radius 1 is 1.16 bits per heavy atom. The van der Waals surface area contributed by atoms with Gasteiger partial charge in [-0.3, -0.25) is 9.59 Å². The number of fused-ring (bicyclic) bond motifs is 1. The Morgan fingerprint density at radius 3 is 2.59 bits per heavy atom. The molecule has 1 saturated heterocycles. The first-order valence-corrected chi connectivity index (χ1v) is 12.7. The number of benzene rings is 1. The van der Waals surface area contributed by atoms with Gasteiger partial charge in [0.2, 0.25) is 11.8 Å². The summed E-state index contributed by atoms with van der Waals surface area (Å²) in [5, 5.41) is 15.5. The maximum Gasteiger partial charge on any atom is 0.326 e. The molecule has 2 aliphatic rings. The molecule has 10 nitrogen and oxygen atoms in total. The number of aromatic nitrogens is 1. The van der Waals surface area contributed by atoms with E-state index in [4.69, 9.17) is 9.47 Å². The van der Waals surface area contributed by atoms with Crippen LogP contribution in [0.3, 0.4) is 0 Å². The number of carboxylic acid groups (broad SMARTS) is 1. The summed E-state index contributed by atoms with van der Waals surface area (Å²) in [4.78, 5) is 43.8. The van der Waals surface area contributed by atoms with Crippen molar-refractivity contribution >= 4 is 23.6 Å². The molecule has 1 aromatic carbocycles. The molecule has 0 aliphatic carbocycles. The van der Waals surface area contributed by atoms with E-state index in [9.17, 15) is 19.5 Å². The van der Waals surface area contributed by atoms with Crippen LogP contribution in [-0.2, 0) is 27.2 Å². The first-order valence-electron chi connectivity index (χ1n) is 12.7. The van der Waals surface area contributed by atoms with Crippen molar-refractivity contribution in [2.24, 2.45) is 5.41 Å². The maximum absolute atomic E-state index is 12.9. The molecule has 37 heavy (non-hydrogen) atoms. The molecule has 2 aromatic rings. The van der Waals surface area contributed by atoms with Gasteiger partial charge in [0.05, 0.1) is 13.2 Å². The highest BCUT2D eigenvalue weighted by molar-refractivity contribution is 6.05. The Morgan fingerprint density at radius 2 is 1.89 bits per heavy atom. The summed E-state index contributed by atoms with van der Waals surface area (Å²) < 4.78 is 11.4. The predicted molar refractivity (Wildman–Crippen MR) is 137 cm³/mol. The molecule has 1 aromatic heterocycles. The number of carbonyl (C=O) groups excluding carboxylic acids is 2. The largest absolute Gasteiger partial charge is 0.493 e. The number of hydrogen-bond donors (Lipinski definition) is 3. The van der Waals surface area contributed by atoms with E-state index in [0.29, 0.717) is 38.5 Å². The molecule has 2 amide bonds. The van der Waals surface area contributed by atoms with Crippen LogP contribution in [0.25, 0.3) is 0 Å². The highest BCUT2D eigenvalue weighted by Crippen LogP contribution is 2.25. The molecule has 1 atom stereocenters. The van der Waals surface area contributed by atoms with Gasteiger partial charge in [-0.15, -0.1) is 0 Å². The fourth-order valence-corrected chi connectivity index (χ4v) is 4.38. The third-order valence-electron chi connectivity index (χ3n) is 6.66. The Kier molecular flexibility index (Phi) is 8.15. The van der Waals surface area contributed by atoms with Crippen LogP contribution in [0.4, 0.5) is 5.82 Å². The zero-order valence-corrected chi connectivity index (χ0v) is 21.3. The maximum atomic E-state index is 12.9. The molecule has 0 unspecified atom stereocenters. The minimum Gasteiger partial charge on any atom is -0.493 e. The van der Waals surface area contributed by atoms with Gasteiger partial charge in [0.25, 0.3) is 0 Å². The Labute approximate surface area is 216 Å². The lowest BCUT2D eigenvalue weighted by molar-refractivity contribution is -0.151. The van der Waals surface area contributed by atoms with Gasteiger partial charge in [0, 0.05) is 31.6 Å².